The number of carbonyl (C=O) groups excluding carboxylic acids is 1. The first kappa shape index (κ1) is 20.2. The van der Waals surface area contributed by atoms with E-state index in [2.05, 4.69) is 4.74 Å². The zero-order valence-electron chi connectivity index (χ0n) is 14.2. The zero-order valence-corrected chi connectivity index (χ0v) is 15.0. The molecular formula is C16H17F4NO4S. The molecule has 0 aromatic heterocycles. The van der Waals surface area contributed by atoms with Gasteiger partial charge in [-0.2, -0.15) is 13.2 Å². The molecule has 0 N–H and O–H groups in total. The SMILES string of the molecule is COC(=O)[C@H]1C[C@@H](F)CN1C(=S)c1cc(OC)c(OC)c(C(F)(F)F)c1. The van der Waals surface area contributed by atoms with Gasteiger partial charge in [0.15, 0.2) is 11.5 Å². The average molecular weight is 395 g/mol. The van der Waals surface area contributed by atoms with E-state index in [1.54, 1.807) is 0 Å². The molecule has 26 heavy (non-hydrogen) atoms. The minimum Gasteiger partial charge on any atom is -0.493 e. The summed E-state index contributed by atoms with van der Waals surface area (Å²) in [6, 6.07) is 1.06. The number of nitrogens with zero attached hydrogens (tertiary/aromatic N) is 1. The van der Waals surface area contributed by atoms with E-state index in [1.165, 1.54) is 18.1 Å². The fraction of sp³-hybridized carbons (Fsp3) is 0.500. The summed E-state index contributed by atoms with van der Waals surface area (Å²) in [6.07, 6.45) is -6.22. The smallest absolute Gasteiger partial charge is 0.420 e. The van der Waals surface area contributed by atoms with Crippen LogP contribution in [0.3, 0.4) is 0 Å². The van der Waals surface area contributed by atoms with Crippen molar-refractivity contribution >= 4 is 23.2 Å². The van der Waals surface area contributed by atoms with Crippen molar-refractivity contribution in [2.45, 2.75) is 24.8 Å². The van der Waals surface area contributed by atoms with Crippen molar-refractivity contribution < 1.29 is 36.6 Å². The largest absolute Gasteiger partial charge is 0.493 e. The maximum absolute atomic E-state index is 13.8. The third-order valence-corrected chi connectivity index (χ3v) is 4.49. The molecule has 0 spiro atoms. The zero-order chi connectivity index (χ0) is 19.6. The molecule has 144 valence electrons. The molecule has 1 heterocycles. The molecule has 1 aliphatic heterocycles. The Morgan fingerprint density at radius 2 is 1.88 bits per heavy atom. The van der Waals surface area contributed by atoms with Crippen molar-refractivity contribution in [3.05, 3.63) is 23.3 Å². The van der Waals surface area contributed by atoms with Gasteiger partial charge in [0.1, 0.15) is 22.8 Å². The number of hydrogen-bond donors (Lipinski definition) is 0. The van der Waals surface area contributed by atoms with Crippen molar-refractivity contribution in [2.75, 3.05) is 27.9 Å². The van der Waals surface area contributed by atoms with Gasteiger partial charge in [-0.25, -0.2) is 9.18 Å². The number of thiocarbonyl (C=S) groups is 1. The molecule has 0 bridgehead atoms. The van der Waals surface area contributed by atoms with E-state index in [1.807, 2.05) is 0 Å². The lowest BCUT2D eigenvalue weighted by atomic mass is 10.1. The van der Waals surface area contributed by atoms with Crippen molar-refractivity contribution in [2.24, 2.45) is 0 Å². The van der Waals surface area contributed by atoms with Gasteiger partial charge in [-0.3, -0.25) is 0 Å². The van der Waals surface area contributed by atoms with Crippen LogP contribution in [-0.2, 0) is 15.7 Å². The Morgan fingerprint density at radius 3 is 2.38 bits per heavy atom. The molecule has 1 fully saturated rings. The summed E-state index contributed by atoms with van der Waals surface area (Å²) < 4.78 is 68.3. The Labute approximate surface area is 152 Å². The first-order valence-corrected chi connectivity index (χ1v) is 7.90. The van der Waals surface area contributed by atoms with Gasteiger partial charge in [0.2, 0.25) is 0 Å². The lowest BCUT2D eigenvalue weighted by molar-refractivity contribution is -0.144. The predicted molar refractivity (Wildman–Crippen MR) is 88.3 cm³/mol. The van der Waals surface area contributed by atoms with E-state index in [9.17, 15) is 22.4 Å². The minimum atomic E-state index is -4.72. The molecular weight excluding hydrogens is 378 g/mol. The lowest BCUT2D eigenvalue weighted by Gasteiger charge is -2.26. The van der Waals surface area contributed by atoms with Crippen LogP contribution in [0.2, 0.25) is 0 Å². The molecule has 2 atom stereocenters. The van der Waals surface area contributed by atoms with E-state index >= 15 is 0 Å². The van der Waals surface area contributed by atoms with Gasteiger partial charge in [0, 0.05) is 12.0 Å². The van der Waals surface area contributed by atoms with Gasteiger partial charge in [-0.1, -0.05) is 12.2 Å². The number of esters is 1. The molecule has 1 aliphatic rings. The number of halogens is 4. The van der Waals surface area contributed by atoms with Gasteiger partial charge < -0.3 is 19.1 Å². The highest BCUT2D eigenvalue weighted by molar-refractivity contribution is 7.80. The maximum Gasteiger partial charge on any atom is 0.420 e. The van der Waals surface area contributed by atoms with Crippen LogP contribution in [0.1, 0.15) is 17.5 Å². The van der Waals surface area contributed by atoms with Crippen LogP contribution in [-0.4, -0.2) is 55.9 Å². The average Bonchev–Trinajstić information content (AvgIpc) is 2.99. The Morgan fingerprint density at radius 1 is 1.23 bits per heavy atom. The number of likely N-dealkylation sites (tertiary alicyclic amines) is 1. The topological polar surface area (TPSA) is 48.0 Å². The highest BCUT2D eigenvalue weighted by atomic mass is 32.1. The number of hydrogen-bond acceptors (Lipinski definition) is 5. The molecule has 1 aromatic rings. The Balaban J connectivity index is 2.50. The van der Waals surface area contributed by atoms with Crippen LogP contribution in [0.4, 0.5) is 17.6 Å². The van der Waals surface area contributed by atoms with E-state index in [4.69, 9.17) is 21.7 Å². The third-order valence-electron chi connectivity index (χ3n) is 4.02. The van der Waals surface area contributed by atoms with E-state index < -0.39 is 35.7 Å². The van der Waals surface area contributed by atoms with Gasteiger partial charge in [-0.05, 0) is 12.1 Å². The van der Waals surface area contributed by atoms with E-state index in [0.29, 0.717) is 0 Å². The Kier molecular flexibility index (Phi) is 5.94. The van der Waals surface area contributed by atoms with E-state index in [-0.39, 0.29) is 29.3 Å². The van der Waals surface area contributed by atoms with Gasteiger partial charge >= 0.3 is 12.1 Å². The number of ether oxygens (including phenoxy) is 3. The fourth-order valence-corrected chi connectivity index (χ4v) is 3.15. The minimum absolute atomic E-state index is 0.0343. The monoisotopic (exact) mass is 395 g/mol. The predicted octanol–water partition coefficient (Wildman–Crippen LogP) is 2.98. The molecule has 0 radical (unpaired) electrons. The number of rotatable bonds is 4. The molecule has 0 amide bonds. The molecule has 0 saturated carbocycles. The van der Waals surface area contributed by atoms with Crippen molar-refractivity contribution in [3.8, 4) is 11.5 Å². The second-order valence-electron chi connectivity index (χ2n) is 5.59. The summed E-state index contributed by atoms with van der Waals surface area (Å²) in [4.78, 5) is 13.0. The molecule has 1 saturated heterocycles. The molecule has 10 heteroatoms. The van der Waals surface area contributed by atoms with Crippen LogP contribution in [0.15, 0.2) is 12.1 Å². The summed E-state index contributed by atoms with van der Waals surface area (Å²) in [7, 11) is 3.43. The first-order valence-electron chi connectivity index (χ1n) is 7.50. The molecule has 1 aromatic carbocycles. The molecule has 5 nitrogen and oxygen atoms in total. The number of carbonyl (C=O) groups is 1. The second-order valence-corrected chi connectivity index (χ2v) is 5.97. The summed E-state index contributed by atoms with van der Waals surface area (Å²) in [5.41, 5.74) is -1.12. The maximum atomic E-state index is 13.8. The molecule has 0 unspecified atom stereocenters. The standard InChI is InChI=1S/C16H17F4NO4S/c1-23-12-5-8(4-10(13(12)24-2)16(18,19)20)14(26)21-7-9(17)6-11(21)15(22)25-3/h4-5,9,11H,6-7H2,1-3H3/t9-,11-/m1/s1. The first-order chi connectivity index (χ1) is 12.1. The van der Waals surface area contributed by atoms with Crippen molar-refractivity contribution in [1.82, 2.24) is 4.90 Å². The molecule has 2 rings (SSSR count). The lowest BCUT2D eigenvalue weighted by Crippen LogP contribution is -2.40. The number of alkyl halides is 4. The highest BCUT2D eigenvalue weighted by Crippen LogP contribution is 2.43. The quantitative estimate of drug-likeness (QED) is 0.444. The summed E-state index contributed by atoms with van der Waals surface area (Å²) >= 11 is 5.23. The third kappa shape index (κ3) is 3.84. The molecule has 0 aliphatic carbocycles. The van der Waals surface area contributed by atoms with Crippen LogP contribution in [0.25, 0.3) is 0 Å². The van der Waals surface area contributed by atoms with Crippen LogP contribution < -0.4 is 9.47 Å². The van der Waals surface area contributed by atoms with Crippen LogP contribution >= 0.6 is 12.2 Å². The summed E-state index contributed by atoms with van der Waals surface area (Å²) in [5, 5.41) is 0. The second kappa shape index (κ2) is 7.65. The Bertz CT molecular complexity index is 710. The van der Waals surface area contributed by atoms with Crippen LogP contribution in [0.5, 0.6) is 11.5 Å². The summed E-state index contributed by atoms with van der Waals surface area (Å²) in [6.45, 7) is -0.214. The number of benzene rings is 1. The van der Waals surface area contributed by atoms with Crippen LogP contribution in [0, 0.1) is 0 Å². The summed E-state index contributed by atoms with van der Waals surface area (Å²) in [5.74, 6) is -1.37. The Hall–Kier alpha value is -2.10. The van der Waals surface area contributed by atoms with Gasteiger partial charge in [0.25, 0.3) is 0 Å². The van der Waals surface area contributed by atoms with Gasteiger partial charge in [0.05, 0.1) is 27.9 Å². The van der Waals surface area contributed by atoms with E-state index in [0.717, 1.165) is 20.3 Å². The normalized spacial score (nSPS) is 20.0. The number of methoxy groups -OCH3 is 3. The van der Waals surface area contributed by atoms with Crippen molar-refractivity contribution in [3.63, 3.8) is 0 Å². The van der Waals surface area contributed by atoms with Gasteiger partial charge in [-0.15, -0.1) is 0 Å². The highest BCUT2D eigenvalue weighted by Gasteiger charge is 2.41. The van der Waals surface area contributed by atoms with Crippen molar-refractivity contribution in [1.29, 1.82) is 0 Å². The fourth-order valence-electron chi connectivity index (χ4n) is 2.83.